The Hall–Kier alpha value is -2.49. The molecule has 0 amide bonds. The number of halogens is 3. The molecule has 108 valence electrons. The number of nitrogens with zero attached hydrogens (tertiary/aromatic N) is 5. The van der Waals surface area contributed by atoms with E-state index in [1.165, 1.54) is 30.7 Å². The number of alkyl halides is 3. The molecule has 3 heterocycles. The monoisotopic (exact) mass is 312 g/mol. The lowest BCUT2D eigenvalue weighted by atomic mass is 10.2. The summed E-state index contributed by atoms with van der Waals surface area (Å²) >= 11 is 0.905. The molecular weight excluding hydrogens is 305 g/mol. The van der Waals surface area contributed by atoms with Crippen molar-refractivity contribution in [3.05, 3.63) is 36.4 Å². The normalized spacial score (nSPS) is 11.8. The first-order chi connectivity index (χ1) is 9.98. The molecule has 0 aliphatic rings. The molecule has 0 unspecified atom stereocenters. The van der Waals surface area contributed by atoms with Gasteiger partial charge < -0.3 is 5.73 Å². The molecule has 0 radical (unpaired) electrons. The van der Waals surface area contributed by atoms with Crippen molar-refractivity contribution >= 4 is 17.4 Å². The van der Waals surface area contributed by atoms with Gasteiger partial charge in [-0.2, -0.15) is 23.0 Å². The van der Waals surface area contributed by atoms with Gasteiger partial charge in [-0.3, -0.25) is 0 Å². The van der Waals surface area contributed by atoms with Crippen molar-refractivity contribution < 1.29 is 13.2 Å². The Kier molecular flexibility index (Phi) is 3.09. The molecule has 6 nitrogen and oxygen atoms in total. The summed E-state index contributed by atoms with van der Waals surface area (Å²) in [6.45, 7) is 0. The summed E-state index contributed by atoms with van der Waals surface area (Å²) in [5.74, 6) is -0.214. The zero-order chi connectivity index (χ0) is 15.0. The van der Waals surface area contributed by atoms with Crippen LogP contribution in [0, 0.1) is 0 Å². The third-order valence-corrected chi connectivity index (χ3v) is 3.38. The van der Waals surface area contributed by atoms with Gasteiger partial charge in [0, 0.05) is 18.6 Å². The summed E-state index contributed by atoms with van der Waals surface area (Å²) in [5, 5.41) is 3.53. The van der Waals surface area contributed by atoms with Crippen LogP contribution < -0.4 is 5.73 Å². The molecule has 0 aromatic carbocycles. The second-order valence-electron chi connectivity index (χ2n) is 3.94. The lowest BCUT2D eigenvalue weighted by Gasteiger charge is -2.04. The van der Waals surface area contributed by atoms with Crippen LogP contribution in [0.3, 0.4) is 0 Å². The van der Waals surface area contributed by atoms with E-state index in [0.29, 0.717) is 0 Å². The van der Waals surface area contributed by atoms with Crippen LogP contribution in [-0.2, 0) is 6.18 Å². The third kappa shape index (κ3) is 2.33. The van der Waals surface area contributed by atoms with Crippen LogP contribution in [0.4, 0.5) is 19.0 Å². The summed E-state index contributed by atoms with van der Waals surface area (Å²) in [5.41, 5.74) is 4.53. The molecule has 3 rings (SSSR count). The van der Waals surface area contributed by atoms with Crippen LogP contribution in [0.2, 0.25) is 0 Å². The highest BCUT2D eigenvalue weighted by atomic mass is 32.1. The minimum Gasteiger partial charge on any atom is -0.383 e. The Balaban J connectivity index is 2.26. The van der Waals surface area contributed by atoms with Crippen molar-refractivity contribution in [3.63, 3.8) is 0 Å². The second-order valence-corrected chi connectivity index (χ2v) is 4.78. The van der Waals surface area contributed by atoms with Crippen LogP contribution in [0.15, 0.2) is 30.7 Å². The first kappa shape index (κ1) is 13.5. The van der Waals surface area contributed by atoms with Crippen molar-refractivity contribution in [1.29, 1.82) is 0 Å². The molecule has 0 saturated carbocycles. The number of nitrogen functional groups attached to an aromatic ring is 1. The predicted octanol–water partition coefficient (Wildman–Crippen LogP) is 2.39. The van der Waals surface area contributed by atoms with Gasteiger partial charge in [0.05, 0.1) is 10.4 Å². The van der Waals surface area contributed by atoms with E-state index in [-0.39, 0.29) is 22.2 Å². The number of nitrogens with two attached hydrogens (primary N) is 1. The number of rotatable bonds is 2. The summed E-state index contributed by atoms with van der Waals surface area (Å²) in [6, 6.07) is 2.99. The van der Waals surface area contributed by atoms with Gasteiger partial charge in [0.2, 0.25) is 0 Å². The average Bonchev–Trinajstić information content (AvgIpc) is 3.06. The topological polar surface area (TPSA) is 82.5 Å². The van der Waals surface area contributed by atoms with Crippen LogP contribution in [0.5, 0.6) is 0 Å². The van der Waals surface area contributed by atoms with Crippen LogP contribution >= 0.6 is 11.5 Å². The Morgan fingerprint density at radius 1 is 1.14 bits per heavy atom. The molecule has 0 bridgehead atoms. The summed E-state index contributed by atoms with van der Waals surface area (Å²) in [7, 11) is 0. The number of aromatic nitrogens is 5. The van der Waals surface area contributed by atoms with E-state index in [9.17, 15) is 13.2 Å². The molecule has 3 aromatic rings. The molecular formula is C11H7F3N6S. The number of hydrogen-bond donors (Lipinski definition) is 1. The average molecular weight is 312 g/mol. The van der Waals surface area contributed by atoms with Gasteiger partial charge >= 0.3 is 6.18 Å². The van der Waals surface area contributed by atoms with E-state index < -0.39 is 11.9 Å². The smallest absolute Gasteiger partial charge is 0.383 e. The number of hydrogen-bond acceptors (Lipinski definition) is 6. The maximum Gasteiger partial charge on any atom is 0.435 e. The zero-order valence-corrected chi connectivity index (χ0v) is 11.1. The maximum atomic E-state index is 13.2. The van der Waals surface area contributed by atoms with Gasteiger partial charge in [-0.15, -0.1) is 0 Å². The molecule has 2 N–H and O–H groups in total. The van der Waals surface area contributed by atoms with Gasteiger partial charge in [0.1, 0.15) is 5.82 Å². The lowest BCUT2D eigenvalue weighted by molar-refractivity contribution is -0.140. The molecule has 0 saturated heterocycles. The zero-order valence-electron chi connectivity index (χ0n) is 10.2. The van der Waals surface area contributed by atoms with Gasteiger partial charge in [-0.05, 0) is 23.7 Å². The molecule has 10 heteroatoms. The van der Waals surface area contributed by atoms with E-state index in [4.69, 9.17) is 5.73 Å². The van der Waals surface area contributed by atoms with Crippen molar-refractivity contribution in [1.82, 2.24) is 24.1 Å². The summed E-state index contributed by atoms with van der Waals surface area (Å²) in [4.78, 5) is 7.99. The van der Waals surface area contributed by atoms with E-state index >= 15 is 0 Å². The first-order valence-electron chi connectivity index (χ1n) is 5.62. The fraction of sp³-hybridized carbons (Fsp3) is 0.0909. The Morgan fingerprint density at radius 3 is 2.43 bits per heavy atom. The molecule has 0 atom stereocenters. The Labute approximate surface area is 120 Å². The van der Waals surface area contributed by atoms with Crippen molar-refractivity contribution in [3.8, 4) is 16.4 Å². The molecule has 21 heavy (non-hydrogen) atoms. The Bertz CT molecular complexity index is 750. The standard InChI is InChI=1S/C11H7F3N6S/c12-11(13,14)8-7(6-2-5-18-21-6)9(15)20(19-8)10-16-3-1-4-17-10/h1-5H,15H2. The second kappa shape index (κ2) is 4.81. The van der Waals surface area contributed by atoms with E-state index in [1.54, 1.807) is 0 Å². The SMILES string of the molecule is Nc1c(-c2ccns2)c(C(F)(F)F)nn1-c1ncccn1. The summed E-state index contributed by atoms with van der Waals surface area (Å²) in [6.07, 6.45) is -0.463. The lowest BCUT2D eigenvalue weighted by Crippen LogP contribution is -2.09. The van der Waals surface area contributed by atoms with Gasteiger partial charge in [-0.1, -0.05) is 0 Å². The van der Waals surface area contributed by atoms with Crippen molar-refractivity contribution in [2.24, 2.45) is 0 Å². The molecule has 0 aliphatic carbocycles. The highest BCUT2D eigenvalue weighted by Crippen LogP contribution is 2.41. The predicted molar refractivity (Wildman–Crippen MR) is 69.7 cm³/mol. The van der Waals surface area contributed by atoms with Crippen molar-refractivity contribution in [2.75, 3.05) is 5.73 Å². The minimum absolute atomic E-state index is 0.0312. The molecule has 0 fully saturated rings. The molecule has 0 aliphatic heterocycles. The fourth-order valence-electron chi connectivity index (χ4n) is 1.77. The molecule has 0 spiro atoms. The van der Waals surface area contributed by atoms with Gasteiger partial charge in [0.15, 0.2) is 5.69 Å². The Morgan fingerprint density at radius 2 is 1.86 bits per heavy atom. The first-order valence-corrected chi connectivity index (χ1v) is 6.40. The van der Waals surface area contributed by atoms with E-state index in [2.05, 4.69) is 19.4 Å². The van der Waals surface area contributed by atoms with Crippen molar-refractivity contribution in [2.45, 2.75) is 6.18 Å². The highest BCUT2D eigenvalue weighted by Gasteiger charge is 2.40. The quantitative estimate of drug-likeness (QED) is 0.785. The fourth-order valence-corrected chi connectivity index (χ4v) is 2.42. The third-order valence-electron chi connectivity index (χ3n) is 2.62. The van der Waals surface area contributed by atoms with Crippen LogP contribution in [0.25, 0.3) is 16.4 Å². The van der Waals surface area contributed by atoms with Crippen LogP contribution in [-0.4, -0.2) is 24.1 Å². The van der Waals surface area contributed by atoms with E-state index in [0.717, 1.165) is 16.2 Å². The van der Waals surface area contributed by atoms with E-state index in [1.807, 2.05) is 0 Å². The number of anilines is 1. The highest BCUT2D eigenvalue weighted by molar-refractivity contribution is 7.09. The largest absolute Gasteiger partial charge is 0.435 e. The van der Waals surface area contributed by atoms with Crippen LogP contribution in [0.1, 0.15) is 5.69 Å². The molecule has 3 aromatic heterocycles. The maximum absolute atomic E-state index is 13.2. The summed E-state index contributed by atoms with van der Waals surface area (Å²) < 4.78 is 44.2. The van der Waals surface area contributed by atoms with Gasteiger partial charge in [0.25, 0.3) is 5.95 Å². The minimum atomic E-state index is -4.65. The van der Waals surface area contributed by atoms with Gasteiger partial charge in [-0.25, -0.2) is 14.3 Å².